The van der Waals surface area contributed by atoms with Crippen LogP contribution in [-0.4, -0.2) is 66.0 Å². The van der Waals surface area contributed by atoms with Crippen molar-refractivity contribution in [2.45, 2.75) is 19.8 Å². The monoisotopic (exact) mass is 271 g/mol. The van der Waals surface area contributed by atoms with Crippen molar-refractivity contribution in [2.24, 2.45) is 5.92 Å². The Morgan fingerprint density at radius 2 is 2.11 bits per heavy atom. The zero-order valence-corrected chi connectivity index (χ0v) is 11.4. The summed E-state index contributed by atoms with van der Waals surface area (Å²) in [5.74, 6) is -1.55. The van der Waals surface area contributed by atoms with Gasteiger partial charge in [-0.25, -0.2) is 4.79 Å². The fraction of sp³-hybridized carbons (Fsp3) is 0.750. The van der Waals surface area contributed by atoms with Gasteiger partial charge in [-0.15, -0.1) is 0 Å². The van der Waals surface area contributed by atoms with Crippen LogP contribution in [0.1, 0.15) is 19.8 Å². The summed E-state index contributed by atoms with van der Waals surface area (Å²) in [4.78, 5) is 37.2. The molecule has 1 aliphatic rings. The molecule has 2 N–H and O–H groups in total. The molecule has 1 atom stereocenters. The average molecular weight is 271 g/mol. The molecule has 1 rings (SSSR count). The van der Waals surface area contributed by atoms with Gasteiger partial charge < -0.3 is 20.2 Å². The number of hydrogen-bond donors (Lipinski definition) is 2. The minimum atomic E-state index is -0.876. The normalized spacial score (nSPS) is 18.8. The van der Waals surface area contributed by atoms with Crippen LogP contribution in [0.3, 0.4) is 0 Å². The Bertz CT molecular complexity index is 359. The average Bonchev–Trinajstić information content (AvgIpc) is 2.43. The molecule has 0 aromatic carbocycles. The van der Waals surface area contributed by atoms with Crippen molar-refractivity contribution in [3.05, 3.63) is 0 Å². The van der Waals surface area contributed by atoms with E-state index in [1.807, 2.05) is 6.92 Å². The van der Waals surface area contributed by atoms with E-state index in [1.54, 1.807) is 7.05 Å². The molecule has 0 aromatic rings. The SMILES string of the molecule is CCN(C)C(=O)CNC(=O)N1CCC[C@@H](C(=O)O)C1. The molecule has 108 valence electrons. The first-order valence-corrected chi connectivity index (χ1v) is 6.45. The number of nitrogens with zero attached hydrogens (tertiary/aromatic N) is 2. The highest BCUT2D eigenvalue weighted by molar-refractivity contribution is 5.84. The van der Waals surface area contributed by atoms with Gasteiger partial charge in [-0.3, -0.25) is 9.59 Å². The van der Waals surface area contributed by atoms with E-state index in [-0.39, 0.29) is 25.0 Å². The zero-order valence-electron chi connectivity index (χ0n) is 11.4. The van der Waals surface area contributed by atoms with Crippen LogP contribution in [-0.2, 0) is 9.59 Å². The number of nitrogens with one attached hydrogen (secondary N) is 1. The molecule has 0 unspecified atom stereocenters. The summed E-state index contributed by atoms with van der Waals surface area (Å²) in [5.41, 5.74) is 0. The molecule has 7 nitrogen and oxygen atoms in total. The van der Waals surface area contributed by atoms with Gasteiger partial charge in [-0.05, 0) is 19.8 Å². The van der Waals surface area contributed by atoms with E-state index in [1.165, 1.54) is 9.80 Å². The number of likely N-dealkylation sites (N-methyl/N-ethyl adjacent to an activating group) is 1. The number of urea groups is 1. The molecule has 0 saturated carbocycles. The van der Waals surface area contributed by atoms with Crippen molar-refractivity contribution >= 4 is 17.9 Å². The summed E-state index contributed by atoms with van der Waals surface area (Å²) in [6, 6.07) is -0.371. The number of carbonyl (C=O) groups excluding carboxylic acids is 2. The summed E-state index contributed by atoms with van der Waals surface area (Å²) in [6.07, 6.45) is 1.27. The van der Waals surface area contributed by atoms with Crippen molar-refractivity contribution in [3.63, 3.8) is 0 Å². The Morgan fingerprint density at radius 3 is 2.68 bits per heavy atom. The number of carbonyl (C=O) groups is 3. The molecule has 7 heteroatoms. The van der Waals surface area contributed by atoms with Crippen LogP contribution in [0.2, 0.25) is 0 Å². The lowest BCUT2D eigenvalue weighted by molar-refractivity contribution is -0.143. The third kappa shape index (κ3) is 4.42. The van der Waals surface area contributed by atoms with Crippen LogP contribution < -0.4 is 5.32 Å². The molecular formula is C12H21N3O4. The first-order valence-electron chi connectivity index (χ1n) is 6.45. The molecule has 19 heavy (non-hydrogen) atoms. The summed E-state index contributed by atoms with van der Waals surface area (Å²) in [7, 11) is 1.66. The number of hydrogen-bond acceptors (Lipinski definition) is 3. The van der Waals surface area contributed by atoms with E-state index in [0.29, 0.717) is 25.9 Å². The molecular weight excluding hydrogens is 250 g/mol. The molecule has 0 spiro atoms. The Hall–Kier alpha value is -1.79. The summed E-state index contributed by atoms with van der Waals surface area (Å²) < 4.78 is 0. The maximum absolute atomic E-state index is 11.8. The van der Waals surface area contributed by atoms with E-state index < -0.39 is 11.9 Å². The predicted molar refractivity (Wildman–Crippen MR) is 68.6 cm³/mol. The third-order valence-corrected chi connectivity index (χ3v) is 3.35. The van der Waals surface area contributed by atoms with Gasteiger partial charge in [0.2, 0.25) is 5.91 Å². The molecule has 0 bridgehead atoms. The standard InChI is InChI=1S/C12H21N3O4/c1-3-14(2)10(16)7-13-12(19)15-6-4-5-9(8-15)11(17)18/h9H,3-8H2,1-2H3,(H,13,19)(H,17,18)/t9-/m1/s1. The van der Waals surface area contributed by atoms with Gasteiger partial charge in [0.15, 0.2) is 0 Å². The van der Waals surface area contributed by atoms with E-state index in [2.05, 4.69) is 5.32 Å². The summed E-state index contributed by atoms with van der Waals surface area (Å²) in [6.45, 7) is 3.12. The second-order valence-electron chi connectivity index (χ2n) is 4.69. The van der Waals surface area contributed by atoms with Gasteiger partial charge in [-0.1, -0.05) is 0 Å². The number of amides is 3. The Morgan fingerprint density at radius 1 is 1.42 bits per heavy atom. The lowest BCUT2D eigenvalue weighted by Gasteiger charge is -2.30. The fourth-order valence-electron chi connectivity index (χ4n) is 1.94. The van der Waals surface area contributed by atoms with Gasteiger partial charge in [-0.2, -0.15) is 0 Å². The van der Waals surface area contributed by atoms with Gasteiger partial charge >= 0.3 is 12.0 Å². The number of rotatable bonds is 4. The molecule has 1 aliphatic heterocycles. The highest BCUT2D eigenvalue weighted by Gasteiger charge is 2.28. The van der Waals surface area contributed by atoms with E-state index in [4.69, 9.17) is 5.11 Å². The number of carboxylic acids is 1. The molecule has 1 saturated heterocycles. The molecule has 1 heterocycles. The van der Waals surface area contributed by atoms with Crippen LogP contribution in [0.25, 0.3) is 0 Å². The van der Waals surface area contributed by atoms with Crippen LogP contribution in [0.15, 0.2) is 0 Å². The fourth-order valence-corrected chi connectivity index (χ4v) is 1.94. The van der Waals surface area contributed by atoms with E-state index in [9.17, 15) is 14.4 Å². The second kappa shape index (κ2) is 6.96. The first-order chi connectivity index (χ1) is 8.95. The Kier molecular flexibility index (Phi) is 5.59. The third-order valence-electron chi connectivity index (χ3n) is 3.35. The largest absolute Gasteiger partial charge is 0.481 e. The molecule has 1 fully saturated rings. The van der Waals surface area contributed by atoms with Crippen LogP contribution in [0.4, 0.5) is 4.79 Å². The number of carboxylic acid groups (broad SMARTS) is 1. The predicted octanol–water partition coefficient (Wildman–Crippen LogP) is -0.0291. The van der Waals surface area contributed by atoms with Crippen LogP contribution >= 0.6 is 0 Å². The van der Waals surface area contributed by atoms with Crippen molar-refractivity contribution in [2.75, 3.05) is 33.2 Å². The lowest BCUT2D eigenvalue weighted by Crippen LogP contribution is -2.49. The summed E-state index contributed by atoms with van der Waals surface area (Å²) in [5, 5.41) is 11.5. The highest BCUT2D eigenvalue weighted by Crippen LogP contribution is 2.16. The maximum Gasteiger partial charge on any atom is 0.317 e. The van der Waals surface area contributed by atoms with Crippen LogP contribution in [0.5, 0.6) is 0 Å². The Labute approximate surface area is 112 Å². The first kappa shape index (κ1) is 15.3. The van der Waals surface area contributed by atoms with Crippen molar-refractivity contribution in [1.29, 1.82) is 0 Å². The zero-order chi connectivity index (χ0) is 14.4. The smallest absolute Gasteiger partial charge is 0.317 e. The molecule has 0 radical (unpaired) electrons. The topological polar surface area (TPSA) is 90.0 Å². The molecule has 0 aromatic heterocycles. The maximum atomic E-state index is 11.8. The number of piperidine rings is 1. The van der Waals surface area contributed by atoms with Crippen molar-refractivity contribution in [1.82, 2.24) is 15.1 Å². The minimum absolute atomic E-state index is 0.0581. The van der Waals surface area contributed by atoms with E-state index in [0.717, 1.165) is 0 Å². The van der Waals surface area contributed by atoms with Crippen molar-refractivity contribution in [3.8, 4) is 0 Å². The lowest BCUT2D eigenvalue weighted by atomic mass is 9.99. The van der Waals surface area contributed by atoms with Crippen LogP contribution in [0, 0.1) is 5.92 Å². The molecule has 3 amide bonds. The summed E-state index contributed by atoms with van der Waals surface area (Å²) >= 11 is 0. The van der Waals surface area contributed by atoms with E-state index >= 15 is 0 Å². The van der Waals surface area contributed by atoms with Gasteiger partial charge in [0.25, 0.3) is 0 Å². The van der Waals surface area contributed by atoms with Gasteiger partial charge in [0.1, 0.15) is 0 Å². The minimum Gasteiger partial charge on any atom is -0.481 e. The quantitative estimate of drug-likeness (QED) is 0.751. The second-order valence-corrected chi connectivity index (χ2v) is 4.69. The molecule has 0 aliphatic carbocycles. The van der Waals surface area contributed by atoms with Gasteiger partial charge in [0, 0.05) is 26.7 Å². The number of aliphatic carboxylic acids is 1. The Balaban J connectivity index is 2.41. The highest BCUT2D eigenvalue weighted by atomic mass is 16.4. The van der Waals surface area contributed by atoms with Crippen molar-refractivity contribution < 1.29 is 19.5 Å². The van der Waals surface area contributed by atoms with Gasteiger partial charge in [0.05, 0.1) is 12.5 Å². The number of likely N-dealkylation sites (tertiary alicyclic amines) is 1.